The fraction of sp³-hybridized carbons (Fsp3) is 0.632. The van der Waals surface area contributed by atoms with Crippen molar-refractivity contribution in [1.29, 1.82) is 0 Å². The van der Waals surface area contributed by atoms with Crippen LogP contribution in [0.1, 0.15) is 55.5 Å². The SMILES string of the molecule is COCCCOc1cc(CCC(C)C)ccc1C(=O)CCC(F)(F)F. The van der Waals surface area contributed by atoms with Crippen LogP contribution in [0.2, 0.25) is 0 Å². The zero-order valence-electron chi connectivity index (χ0n) is 15.1. The minimum atomic E-state index is -4.34. The second kappa shape index (κ2) is 10.4. The zero-order chi connectivity index (χ0) is 18.9. The number of hydrogen-bond donors (Lipinski definition) is 0. The summed E-state index contributed by atoms with van der Waals surface area (Å²) in [5.74, 6) is 0.359. The first-order chi connectivity index (χ1) is 11.7. The molecular weight excluding hydrogens is 333 g/mol. The number of halogens is 3. The Labute approximate surface area is 147 Å². The van der Waals surface area contributed by atoms with Crippen molar-refractivity contribution in [3.63, 3.8) is 0 Å². The van der Waals surface area contributed by atoms with Crippen molar-refractivity contribution in [3.8, 4) is 5.75 Å². The van der Waals surface area contributed by atoms with E-state index < -0.39 is 24.8 Å². The number of alkyl halides is 3. The lowest BCUT2D eigenvalue weighted by Gasteiger charge is -2.14. The molecule has 142 valence electrons. The maximum absolute atomic E-state index is 12.4. The van der Waals surface area contributed by atoms with Gasteiger partial charge in [-0.1, -0.05) is 19.9 Å². The highest BCUT2D eigenvalue weighted by Crippen LogP contribution is 2.27. The van der Waals surface area contributed by atoms with Gasteiger partial charge in [-0.3, -0.25) is 4.79 Å². The summed E-state index contributed by atoms with van der Waals surface area (Å²) in [6, 6.07) is 5.15. The first kappa shape index (κ1) is 21.5. The molecule has 0 aliphatic rings. The van der Waals surface area contributed by atoms with Crippen LogP contribution in [-0.4, -0.2) is 32.3 Å². The molecule has 3 nitrogen and oxygen atoms in total. The molecule has 0 radical (unpaired) electrons. The van der Waals surface area contributed by atoms with E-state index in [0.717, 1.165) is 18.4 Å². The molecule has 0 bridgehead atoms. The summed E-state index contributed by atoms with van der Waals surface area (Å²) in [6.45, 7) is 5.11. The molecule has 0 aliphatic heterocycles. The lowest BCUT2D eigenvalue weighted by Crippen LogP contribution is -2.12. The average molecular weight is 360 g/mol. The summed E-state index contributed by atoms with van der Waals surface area (Å²) in [6.07, 6.45) is -3.56. The number of methoxy groups -OCH3 is 1. The molecular formula is C19H27F3O3. The third-order valence-corrected chi connectivity index (χ3v) is 3.74. The number of carbonyl (C=O) groups excluding carboxylic acids is 1. The van der Waals surface area contributed by atoms with Crippen LogP contribution in [0.5, 0.6) is 5.75 Å². The molecule has 0 saturated heterocycles. The fourth-order valence-corrected chi connectivity index (χ4v) is 2.30. The molecule has 0 aromatic heterocycles. The second-order valence-electron chi connectivity index (χ2n) is 6.50. The van der Waals surface area contributed by atoms with Gasteiger partial charge in [0.05, 0.1) is 18.6 Å². The number of ketones is 1. The summed E-state index contributed by atoms with van der Waals surface area (Å²) in [5, 5.41) is 0. The second-order valence-corrected chi connectivity index (χ2v) is 6.50. The topological polar surface area (TPSA) is 35.5 Å². The van der Waals surface area contributed by atoms with Gasteiger partial charge in [-0.25, -0.2) is 0 Å². The van der Waals surface area contributed by atoms with Crippen LogP contribution in [0.25, 0.3) is 0 Å². The standard InChI is InChI=1S/C19H27F3O3/c1-14(2)5-6-15-7-8-16(17(23)9-10-19(20,21)22)18(13-15)25-12-4-11-24-3/h7-8,13-14H,4-6,9-12H2,1-3H3. The summed E-state index contributed by atoms with van der Waals surface area (Å²) in [5.41, 5.74) is 1.23. The average Bonchev–Trinajstić information content (AvgIpc) is 2.54. The van der Waals surface area contributed by atoms with Crippen molar-refractivity contribution in [1.82, 2.24) is 0 Å². The molecule has 1 rings (SSSR count). The molecule has 0 N–H and O–H groups in total. The monoisotopic (exact) mass is 360 g/mol. The maximum Gasteiger partial charge on any atom is 0.389 e. The van der Waals surface area contributed by atoms with Gasteiger partial charge in [0.2, 0.25) is 0 Å². The molecule has 0 amide bonds. The van der Waals surface area contributed by atoms with Crippen molar-refractivity contribution in [2.24, 2.45) is 5.92 Å². The predicted molar refractivity (Wildman–Crippen MR) is 91.2 cm³/mol. The van der Waals surface area contributed by atoms with Crippen molar-refractivity contribution in [3.05, 3.63) is 29.3 Å². The van der Waals surface area contributed by atoms with Gasteiger partial charge in [-0.2, -0.15) is 13.2 Å². The quantitative estimate of drug-likeness (QED) is 0.401. The smallest absolute Gasteiger partial charge is 0.389 e. The normalized spacial score (nSPS) is 11.8. The molecule has 1 aromatic carbocycles. The number of Topliss-reactive ketones (excluding diaryl/α,β-unsaturated/α-hetero) is 1. The summed E-state index contributed by atoms with van der Waals surface area (Å²) in [7, 11) is 1.58. The Kier molecular flexibility index (Phi) is 8.97. The van der Waals surface area contributed by atoms with Crippen LogP contribution in [0.15, 0.2) is 18.2 Å². The lowest BCUT2D eigenvalue weighted by molar-refractivity contribution is -0.133. The highest BCUT2D eigenvalue weighted by molar-refractivity contribution is 5.98. The Balaban J connectivity index is 2.86. The third kappa shape index (κ3) is 8.91. The molecule has 0 saturated carbocycles. The lowest BCUT2D eigenvalue weighted by atomic mass is 9.98. The Bertz CT molecular complexity index is 539. The van der Waals surface area contributed by atoms with E-state index in [9.17, 15) is 18.0 Å². The van der Waals surface area contributed by atoms with Crippen LogP contribution in [0, 0.1) is 5.92 Å². The van der Waals surface area contributed by atoms with Crippen LogP contribution < -0.4 is 4.74 Å². The van der Waals surface area contributed by atoms with Gasteiger partial charge in [0.1, 0.15) is 5.75 Å². The van der Waals surface area contributed by atoms with Gasteiger partial charge in [0.15, 0.2) is 5.78 Å². The van der Waals surface area contributed by atoms with E-state index in [1.54, 1.807) is 25.3 Å². The number of ether oxygens (including phenoxy) is 2. The van der Waals surface area contributed by atoms with Crippen LogP contribution in [0.3, 0.4) is 0 Å². The Morgan fingerprint density at radius 2 is 1.92 bits per heavy atom. The maximum atomic E-state index is 12.4. The number of benzene rings is 1. The fourth-order valence-electron chi connectivity index (χ4n) is 2.30. The van der Waals surface area contributed by atoms with E-state index in [1.807, 2.05) is 0 Å². The largest absolute Gasteiger partial charge is 0.493 e. The van der Waals surface area contributed by atoms with Crippen LogP contribution in [-0.2, 0) is 11.2 Å². The molecule has 6 heteroatoms. The molecule has 25 heavy (non-hydrogen) atoms. The van der Waals surface area contributed by atoms with E-state index in [1.165, 1.54) is 0 Å². The van der Waals surface area contributed by atoms with Gasteiger partial charge < -0.3 is 9.47 Å². The molecule has 1 aromatic rings. The van der Waals surface area contributed by atoms with Gasteiger partial charge in [0.25, 0.3) is 0 Å². The molecule has 0 aliphatic carbocycles. The van der Waals surface area contributed by atoms with Gasteiger partial charge >= 0.3 is 6.18 Å². The first-order valence-corrected chi connectivity index (χ1v) is 8.57. The van der Waals surface area contributed by atoms with E-state index in [2.05, 4.69) is 13.8 Å². The number of hydrogen-bond acceptors (Lipinski definition) is 3. The van der Waals surface area contributed by atoms with E-state index in [-0.39, 0.29) is 5.56 Å². The Hall–Kier alpha value is -1.56. The Morgan fingerprint density at radius 3 is 2.52 bits per heavy atom. The van der Waals surface area contributed by atoms with E-state index in [4.69, 9.17) is 9.47 Å². The highest BCUT2D eigenvalue weighted by Gasteiger charge is 2.28. The van der Waals surface area contributed by atoms with Crippen molar-refractivity contribution < 1.29 is 27.4 Å². The van der Waals surface area contributed by atoms with E-state index in [0.29, 0.717) is 31.3 Å². The minimum absolute atomic E-state index is 0.218. The van der Waals surface area contributed by atoms with E-state index >= 15 is 0 Å². The number of rotatable bonds is 11. The summed E-state index contributed by atoms with van der Waals surface area (Å²) >= 11 is 0. The minimum Gasteiger partial charge on any atom is -0.493 e. The molecule has 0 atom stereocenters. The summed E-state index contributed by atoms with van der Waals surface area (Å²) in [4.78, 5) is 12.2. The van der Waals surface area contributed by atoms with Gasteiger partial charge in [-0.15, -0.1) is 0 Å². The molecule has 0 heterocycles. The molecule has 0 unspecified atom stereocenters. The third-order valence-electron chi connectivity index (χ3n) is 3.74. The number of aryl methyl sites for hydroxylation is 1. The van der Waals surface area contributed by atoms with Crippen molar-refractivity contribution in [2.45, 2.75) is 52.1 Å². The van der Waals surface area contributed by atoms with Gasteiger partial charge in [-0.05, 0) is 36.5 Å². The summed E-state index contributed by atoms with van der Waals surface area (Å²) < 4.78 is 47.7. The Morgan fingerprint density at radius 1 is 1.20 bits per heavy atom. The zero-order valence-corrected chi connectivity index (χ0v) is 15.1. The van der Waals surface area contributed by atoms with Crippen LogP contribution in [0.4, 0.5) is 13.2 Å². The van der Waals surface area contributed by atoms with Crippen LogP contribution >= 0.6 is 0 Å². The van der Waals surface area contributed by atoms with Gasteiger partial charge in [0, 0.05) is 26.6 Å². The van der Waals surface area contributed by atoms with Crippen molar-refractivity contribution in [2.75, 3.05) is 20.3 Å². The predicted octanol–water partition coefficient (Wildman–Crippen LogP) is 5.22. The molecule has 0 fully saturated rings. The number of carbonyl (C=O) groups is 1. The molecule has 0 spiro atoms. The highest BCUT2D eigenvalue weighted by atomic mass is 19.4. The van der Waals surface area contributed by atoms with Crippen molar-refractivity contribution >= 4 is 5.78 Å². The first-order valence-electron chi connectivity index (χ1n) is 8.57.